The molecular weight excluding hydrogens is 370 g/mol. The monoisotopic (exact) mass is 392 g/mol. The summed E-state index contributed by atoms with van der Waals surface area (Å²) in [5, 5.41) is 8.92. The minimum absolute atomic E-state index is 0.0933. The minimum Gasteiger partial charge on any atom is -0.477 e. The van der Waals surface area contributed by atoms with E-state index in [0.29, 0.717) is 19.5 Å². The Labute approximate surface area is 159 Å². The van der Waals surface area contributed by atoms with E-state index in [1.807, 2.05) is 6.92 Å². The van der Waals surface area contributed by atoms with Crippen molar-refractivity contribution in [3.8, 4) is 0 Å². The zero-order valence-electron chi connectivity index (χ0n) is 15.4. The highest BCUT2D eigenvalue weighted by Gasteiger charge is 2.35. The van der Waals surface area contributed by atoms with Crippen LogP contribution in [0.3, 0.4) is 0 Å². The van der Waals surface area contributed by atoms with E-state index >= 15 is 8.78 Å². The molecule has 2 fully saturated rings. The molecule has 1 aliphatic heterocycles. The molecule has 150 valence electrons. The molecule has 28 heavy (non-hydrogen) atoms. The van der Waals surface area contributed by atoms with Crippen molar-refractivity contribution < 1.29 is 18.7 Å². The van der Waals surface area contributed by atoms with E-state index in [-0.39, 0.29) is 29.2 Å². The van der Waals surface area contributed by atoms with Gasteiger partial charge >= 0.3 is 5.97 Å². The van der Waals surface area contributed by atoms with Gasteiger partial charge in [0.2, 0.25) is 5.43 Å². The fraction of sp³-hybridized carbons (Fsp3) is 0.474. The number of aromatic nitrogens is 1. The molecule has 2 aromatic rings. The van der Waals surface area contributed by atoms with Crippen LogP contribution < -0.4 is 21.8 Å². The molecule has 0 spiro atoms. The molecule has 2 aliphatic rings. The van der Waals surface area contributed by atoms with Gasteiger partial charge in [-0.3, -0.25) is 4.79 Å². The Kier molecular flexibility index (Phi) is 4.29. The number of benzene rings is 1. The summed E-state index contributed by atoms with van der Waals surface area (Å²) in [7, 11) is 0. The lowest BCUT2D eigenvalue weighted by molar-refractivity contribution is 0.0695. The number of hydrogen-bond acceptors (Lipinski definition) is 5. The van der Waals surface area contributed by atoms with Gasteiger partial charge in [0.25, 0.3) is 0 Å². The van der Waals surface area contributed by atoms with Crippen molar-refractivity contribution in [3.05, 3.63) is 33.6 Å². The van der Waals surface area contributed by atoms with Crippen LogP contribution in [0.2, 0.25) is 0 Å². The average Bonchev–Trinajstić information content (AvgIpc) is 3.36. The lowest BCUT2D eigenvalue weighted by Gasteiger charge is -2.24. The van der Waals surface area contributed by atoms with Crippen molar-refractivity contribution >= 4 is 28.2 Å². The number of aromatic carboxylic acids is 1. The van der Waals surface area contributed by atoms with Crippen LogP contribution in [0.5, 0.6) is 0 Å². The van der Waals surface area contributed by atoms with Gasteiger partial charge in [0.05, 0.1) is 16.6 Å². The molecule has 1 aromatic carbocycles. The van der Waals surface area contributed by atoms with Gasteiger partial charge in [-0.1, -0.05) is 0 Å². The van der Waals surface area contributed by atoms with E-state index < -0.39 is 39.7 Å². The van der Waals surface area contributed by atoms with Gasteiger partial charge in [-0.2, -0.15) is 0 Å². The molecule has 0 amide bonds. The van der Waals surface area contributed by atoms with Crippen molar-refractivity contribution in [2.24, 2.45) is 11.7 Å². The summed E-state index contributed by atoms with van der Waals surface area (Å²) < 4.78 is 32.1. The van der Waals surface area contributed by atoms with E-state index in [1.165, 1.54) is 4.57 Å². The molecule has 5 N–H and O–H groups in total. The number of nitrogens with zero attached hydrogens (tertiary/aromatic N) is 2. The van der Waals surface area contributed by atoms with Crippen molar-refractivity contribution in [1.82, 2.24) is 4.57 Å². The number of fused-ring (bicyclic) bond motifs is 1. The lowest BCUT2D eigenvalue weighted by atomic mass is 10.0. The number of hydrogen-bond donors (Lipinski definition) is 3. The highest BCUT2D eigenvalue weighted by atomic mass is 19.1. The first-order valence-corrected chi connectivity index (χ1v) is 9.31. The van der Waals surface area contributed by atoms with Crippen molar-refractivity contribution in [1.29, 1.82) is 0 Å². The molecule has 0 radical (unpaired) electrons. The van der Waals surface area contributed by atoms with Crippen LogP contribution in [-0.4, -0.2) is 34.8 Å². The van der Waals surface area contributed by atoms with Gasteiger partial charge in [-0.05, 0) is 32.1 Å². The molecule has 2 atom stereocenters. The second kappa shape index (κ2) is 6.44. The Balaban J connectivity index is 2.00. The molecule has 2 heterocycles. The molecule has 1 aromatic heterocycles. The molecule has 1 unspecified atom stereocenters. The van der Waals surface area contributed by atoms with E-state index in [2.05, 4.69) is 0 Å². The number of halogens is 2. The van der Waals surface area contributed by atoms with Gasteiger partial charge in [0.1, 0.15) is 11.3 Å². The Morgan fingerprint density at radius 1 is 1.29 bits per heavy atom. The van der Waals surface area contributed by atoms with E-state index in [9.17, 15) is 14.7 Å². The maximum atomic E-state index is 15.6. The van der Waals surface area contributed by atoms with Crippen LogP contribution in [0, 0.1) is 17.6 Å². The second-order valence-electron chi connectivity index (χ2n) is 7.78. The first-order valence-electron chi connectivity index (χ1n) is 9.31. The summed E-state index contributed by atoms with van der Waals surface area (Å²) in [5.74, 6) is -3.27. The maximum absolute atomic E-state index is 15.6. The Morgan fingerprint density at radius 3 is 2.50 bits per heavy atom. The summed E-state index contributed by atoms with van der Waals surface area (Å²) in [4.78, 5) is 25.7. The van der Waals surface area contributed by atoms with Crippen LogP contribution in [0.15, 0.2) is 11.0 Å². The highest BCUT2D eigenvalue weighted by molar-refractivity contribution is 5.99. The van der Waals surface area contributed by atoms with Crippen molar-refractivity contribution in [3.63, 3.8) is 0 Å². The molecular formula is C19H22F2N4O3. The largest absolute Gasteiger partial charge is 0.477 e. The minimum atomic E-state index is -1.45. The molecule has 1 aliphatic carbocycles. The Bertz CT molecular complexity index is 1050. The van der Waals surface area contributed by atoms with E-state index in [1.54, 1.807) is 4.90 Å². The van der Waals surface area contributed by atoms with Crippen molar-refractivity contribution in [2.75, 3.05) is 23.7 Å². The van der Waals surface area contributed by atoms with Gasteiger partial charge in [-0.15, -0.1) is 0 Å². The smallest absolute Gasteiger partial charge is 0.341 e. The van der Waals surface area contributed by atoms with Crippen LogP contribution >= 0.6 is 0 Å². The van der Waals surface area contributed by atoms with Gasteiger partial charge < -0.3 is 26.0 Å². The quantitative estimate of drug-likeness (QED) is 0.687. The van der Waals surface area contributed by atoms with Gasteiger partial charge in [0, 0.05) is 31.4 Å². The number of carboxylic acids is 1. The lowest BCUT2D eigenvalue weighted by Crippen LogP contribution is -2.31. The number of nitrogen functional groups attached to an aromatic ring is 1. The normalized spacial score (nSPS) is 20.7. The van der Waals surface area contributed by atoms with Gasteiger partial charge in [0.15, 0.2) is 11.6 Å². The molecule has 1 saturated heterocycles. The van der Waals surface area contributed by atoms with Crippen molar-refractivity contribution in [2.45, 2.75) is 38.3 Å². The third-order valence-corrected chi connectivity index (χ3v) is 5.82. The fourth-order valence-electron chi connectivity index (χ4n) is 4.04. The van der Waals surface area contributed by atoms with Crippen LogP contribution in [0.25, 0.3) is 10.9 Å². The Hall–Kier alpha value is -2.68. The number of rotatable bonds is 4. The summed E-state index contributed by atoms with van der Waals surface area (Å²) in [5.41, 5.74) is 9.40. The SMILES string of the molecule is CC(N)[C@H]1CCN(c2c(F)c(N)c3c(=O)c(C(=O)O)cn(C4CC4)c3c2F)C1. The van der Waals surface area contributed by atoms with Crippen LogP contribution in [-0.2, 0) is 0 Å². The number of anilines is 2. The molecule has 4 rings (SSSR count). The number of pyridine rings is 1. The highest BCUT2D eigenvalue weighted by Crippen LogP contribution is 2.42. The van der Waals surface area contributed by atoms with E-state index in [4.69, 9.17) is 11.5 Å². The third-order valence-electron chi connectivity index (χ3n) is 5.82. The first kappa shape index (κ1) is 18.7. The molecule has 9 heteroatoms. The predicted octanol–water partition coefficient (Wildman–Crippen LogP) is 2.07. The Morgan fingerprint density at radius 2 is 1.96 bits per heavy atom. The predicted molar refractivity (Wildman–Crippen MR) is 102 cm³/mol. The zero-order chi connectivity index (χ0) is 20.3. The fourth-order valence-corrected chi connectivity index (χ4v) is 4.04. The number of nitrogens with two attached hydrogens (primary N) is 2. The van der Waals surface area contributed by atoms with Crippen LogP contribution in [0.4, 0.5) is 20.2 Å². The maximum Gasteiger partial charge on any atom is 0.341 e. The molecule has 1 saturated carbocycles. The first-order chi connectivity index (χ1) is 13.2. The molecule has 7 nitrogen and oxygen atoms in total. The third kappa shape index (κ3) is 2.72. The number of carboxylic acid groups (broad SMARTS) is 1. The summed E-state index contributed by atoms with van der Waals surface area (Å²) >= 11 is 0. The zero-order valence-corrected chi connectivity index (χ0v) is 15.4. The standard InChI is InChI=1S/C19H22F2N4O3/c1-8(22)9-4-5-24(6-9)17-13(20)15(23)12-16(14(17)21)25(10-2-3-10)7-11(18(12)26)19(27)28/h7-10H,2-6,22-23H2,1H3,(H,27,28)/t8?,9-/m0/s1. The van der Waals surface area contributed by atoms with Gasteiger partial charge in [-0.25, -0.2) is 13.6 Å². The summed E-state index contributed by atoms with van der Waals surface area (Å²) in [6.07, 6.45) is 3.28. The summed E-state index contributed by atoms with van der Waals surface area (Å²) in [6.45, 7) is 2.66. The van der Waals surface area contributed by atoms with E-state index in [0.717, 1.165) is 19.0 Å². The second-order valence-corrected chi connectivity index (χ2v) is 7.78. The van der Waals surface area contributed by atoms with Crippen LogP contribution in [0.1, 0.15) is 42.6 Å². The molecule has 0 bridgehead atoms. The summed E-state index contributed by atoms with van der Waals surface area (Å²) in [6, 6.07) is -0.250. The topological polar surface area (TPSA) is 115 Å². The average molecular weight is 392 g/mol. The number of carbonyl (C=O) groups is 1.